The molecule has 2 aliphatic rings. The van der Waals surface area contributed by atoms with Crippen molar-refractivity contribution in [1.29, 1.82) is 0 Å². The molecule has 140 valence electrons. The number of carbonyl (C=O) groups is 2. The Morgan fingerprint density at radius 1 is 1.12 bits per heavy atom. The van der Waals surface area contributed by atoms with E-state index >= 15 is 0 Å². The van der Waals surface area contributed by atoms with Crippen LogP contribution in [-0.4, -0.2) is 36.3 Å². The first-order chi connectivity index (χ1) is 12.7. The first-order valence-corrected chi connectivity index (χ1v) is 9.99. The van der Waals surface area contributed by atoms with Gasteiger partial charge in [-0.25, -0.2) is 0 Å². The van der Waals surface area contributed by atoms with Gasteiger partial charge in [0.2, 0.25) is 11.8 Å². The third-order valence-electron chi connectivity index (χ3n) is 5.51. The molecule has 26 heavy (non-hydrogen) atoms. The van der Waals surface area contributed by atoms with E-state index in [1.807, 2.05) is 23.1 Å². The largest absolute Gasteiger partial charge is 0.355 e. The lowest BCUT2D eigenvalue weighted by Gasteiger charge is -2.32. The molecule has 4 nitrogen and oxygen atoms in total. The summed E-state index contributed by atoms with van der Waals surface area (Å²) in [6, 6.07) is 10.2. The first kappa shape index (κ1) is 18.7. The second kappa shape index (κ2) is 9.56. The van der Waals surface area contributed by atoms with Gasteiger partial charge >= 0.3 is 0 Å². The van der Waals surface area contributed by atoms with Crippen LogP contribution in [0.15, 0.2) is 42.0 Å². The van der Waals surface area contributed by atoms with Crippen LogP contribution in [0.4, 0.5) is 0 Å². The second-order valence-electron chi connectivity index (χ2n) is 7.46. The summed E-state index contributed by atoms with van der Waals surface area (Å²) in [5.74, 6) is 0.222. The smallest absolute Gasteiger partial charge is 0.224 e. The predicted octanol–water partition coefficient (Wildman–Crippen LogP) is 3.47. The molecule has 1 atom stereocenters. The summed E-state index contributed by atoms with van der Waals surface area (Å²) in [7, 11) is 0. The highest BCUT2D eigenvalue weighted by Gasteiger charge is 2.29. The SMILES string of the molecule is O=C(NCCC1=CCCCC1)[C@@H]1CCC(=O)N(CCc2ccccc2)C1. The minimum atomic E-state index is -0.0659. The minimum Gasteiger partial charge on any atom is -0.355 e. The minimum absolute atomic E-state index is 0.0659. The van der Waals surface area contributed by atoms with E-state index in [1.54, 1.807) is 0 Å². The Labute approximate surface area is 156 Å². The van der Waals surface area contributed by atoms with E-state index in [2.05, 4.69) is 23.5 Å². The Kier molecular flexibility index (Phi) is 6.87. The zero-order chi connectivity index (χ0) is 18.2. The van der Waals surface area contributed by atoms with Crippen molar-refractivity contribution in [2.45, 2.75) is 51.4 Å². The Balaban J connectivity index is 1.43. The Hall–Kier alpha value is -2.10. The number of likely N-dealkylation sites (tertiary alicyclic amines) is 1. The molecule has 0 spiro atoms. The van der Waals surface area contributed by atoms with E-state index in [9.17, 15) is 9.59 Å². The van der Waals surface area contributed by atoms with Gasteiger partial charge in [-0.2, -0.15) is 0 Å². The van der Waals surface area contributed by atoms with Crippen molar-refractivity contribution in [2.75, 3.05) is 19.6 Å². The highest BCUT2D eigenvalue weighted by Crippen LogP contribution is 2.20. The molecule has 1 aliphatic carbocycles. The van der Waals surface area contributed by atoms with Gasteiger partial charge in [0.05, 0.1) is 5.92 Å². The van der Waals surface area contributed by atoms with Gasteiger partial charge in [-0.3, -0.25) is 9.59 Å². The number of nitrogens with one attached hydrogen (secondary N) is 1. The lowest BCUT2D eigenvalue weighted by molar-refractivity contribution is -0.138. The Morgan fingerprint density at radius 2 is 1.96 bits per heavy atom. The molecule has 1 saturated heterocycles. The van der Waals surface area contributed by atoms with Crippen LogP contribution in [0.25, 0.3) is 0 Å². The zero-order valence-corrected chi connectivity index (χ0v) is 15.6. The van der Waals surface area contributed by atoms with Gasteiger partial charge in [-0.15, -0.1) is 0 Å². The molecule has 0 unspecified atom stereocenters. The molecule has 0 aromatic heterocycles. The number of hydrogen-bond acceptors (Lipinski definition) is 2. The normalized spacial score (nSPS) is 20.6. The summed E-state index contributed by atoms with van der Waals surface area (Å²) < 4.78 is 0. The molecule has 1 aromatic rings. The highest BCUT2D eigenvalue weighted by molar-refractivity contribution is 5.83. The molecule has 3 rings (SSSR count). The Bertz CT molecular complexity index is 639. The highest BCUT2D eigenvalue weighted by atomic mass is 16.2. The molecule has 1 fully saturated rings. The van der Waals surface area contributed by atoms with Crippen LogP contribution in [-0.2, 0) is 16.0 Å². The second-order valence-corrected chi connectivity index (χ2v) is 7.46. The molecule has 2 amide bonds. The lowest BCUT2D eigenvalue weighted by atomic mass is 9.95. The monoisotopic (exact) mass is 354 g/mol. The number of benzene rings is 1. The number of hydrogen-bond donors (Lipinski definition) is 1. The number of rotatable bonds is 7. The van der Waals surface area contributed by atoms with Gasteiger partial charge in [-0.1, -0.05) is 42.0 Å². The summed E-state index contributed by atoms with van der Waals surface area (Å²) in [5, 5.41) is 3.09. The molecule has 1 N–H and O–H groups in total. The summed E-state index contributed by atoms with van der Waals surface area (Å²) in [6.45, 7) is 1.97. The summed E-state index contributed by atoms with van der Waals surface area (Å²) in [5.41, 5.74) is 2.72. The number of amides is 2. The third-order valence-corrected chi connectivity index (χ3v) is 5.51. The van der Waals surface area contributed by atoms with Crippen LogP contribution < -0.4 is 5.32 Å². The molecule has 4 heteroatoms. The van der Waals surface area contributed by atoms with Gasteiger partial charge < -0.3 is 10.2 Å². The van der Waals surface area contributed by atoms with E-state index in [0.717, 1.165) is 19.4 Å². The lowest BCUT2D eigenvalue weighted by Crippen LogP contribution is -2.46. The van der Waals surface area contributed by atoms with Gasteiger partial charge in [0.15, 0.2) is 0 Å². The number of nitrogens with zero attached hydrogens (tertiary/aromatic N) is 1. The number of allylic oxidation sites excluding steroid dienone is 1. The molecule has 0 bridgehead atoms. The topological polar surface area (TPSA) is 49.4 Å². The average Bonchev–Trinajstić information content (AvgIpc) is 2.69. The zero-order valence-electron chi connectivity index (χ0n) is 15.6. The van der Waals surface area contributed by atoms with Crippen molar-refractivity contribution in [3.8, 4) is 0 Å². The third kappa shape index (κ3) is 5.45. The van der Waals surface area contributed by atoms with E-state index < -0.39 is 0 Å². The predicted molar refractivity (Wildman–Crippen MR) is 104 cm³/mol. The Morgan fingerprint density at radius 3 is 2.73 bits per heavy atom. The van der Waals surface area contributed by atoms with Gasteiger partial charge in [0.1, 0.15) is 0 Å². The van der Waals surface area contributed by atoms with Crippen LogP contribution in [0, 0.1) is 5.92 Å². The van der Waals surface area contributed by atoms with E-state index in [0.29, 0.717) is 25.9 Å². The van der Waals surface area contributed by atoms with Crippen molar-refractivity contribution in [2.24, 2.45) is 5.92 Å². The molecular formula is C22H30N2O2. The summed E-state index contributed by atoms with van der Waals surface area (Å²) in [6.07, 6.45) is 10.2. The van der Waals surface area contributed by atoms with Gasteiger partial charge in [0, 0.05) is 26.1 Å². The van der Waals surface area contributed by atoms with Crippen LogP contribution >= 0.6 is 0 Å². The standard InChI is InChI=1S/C22H30N2O2/c25-21-12-11-20(17-24(21)16-14-19-9-5-2-6-10-19)22(26)23-15-13-18-7-3-1-4-8-18/h2,5-7,9-10,20H,1,3-4,8,11-17H2,(H,23,26)/t20-/m1/s1. The molecule has 0 saturated carbocycles. The van der Waals surface area contributed by atoms with Crippen LogP contribution in [0.1, 0.15) is 50.5 Å². The molecule has 0 radical (unpaired) electrons. The van der Waals surface area contributed by atoms with E-state index in [4.69, 9.17) is 0 Å². The number of piperidine rings is 1. The van der Waals surface area contributed by atoms with Crippen molar-refractivity contribution >= 4 is 11.8 Å². The molecular weight excluding hydrogens is 324 g/mol. The fraction of sp³-hybridized carbons (Fsp3) is 0.545. The molecule has 1 aromatic carbocycles. The van der Waals surface area contributed by atoms with Gasteiger partial charge in [0.25, 0.3) is 0 Å². The maximum absolute atomic E-state index is 12.5. The summed E-state index contributed by atoms with van der Waals surface area (Å²) in [4.78, 5) is 26.6. The van der Waals surface area contributed by atoms with E-state index in [1.165, 1.54) is 36.8 Å². The van der Waals surface area contributed by atoms with Crippen LogP contribution in [0.5, 0.6) is 0 Å². The van der Waals surface area contributed by atoms with E-state index in [-0.39, 0.29) is 17.7 Å². The maximum atomic E-state index is 12.5. The number of carbonyl (C=O) groups excluding carboxylic acids is 2. The van der Waals surface area contributed by atoms with Crippen molar-refractivity contribution < 1.29 is 9.59 Å². The van der Waals surface area contributed by atoms with Crippen LogP contribution in [0.3, 0.4) is 0 Å². The maximum Gasteiger partial charge on any atom is 0.224 e. The summed E-state index contributed by atoms with van der Waals surface area (Å²) >= 11 is 0. The quantitative estimate of drug-likeness (QED) is 0.762. The molecule has 1 heterocycles. The fourth-order valence-corrected chi connectivity index (χ4v) is 3.88. The first-order valence-electron chi connectivity index (χ1n) is 9.99. The van der Waals surface area contributed by atoms with Crippen molar-refractivity contribution in [3.05, 3.63) is 47.5 Å². The fourth-order valence-electron chi connectivity index (χ4n) is 3.88. The van der Waals surface area contributed by atoms with Crippen molar-refractivity contribution in [3.63, 3.8) is 0 Å². The van der Waals surface area contributed by atoms with Crippen molar-refractivity contribution in [1.82, 2.24) is 10.2 Å². The average molecular weight is 354 g/mol. The van der Waals surface area contributed by atoms with Crippen LogP contribution in [0.2, 0.25) is 0 Å². The molecule has 1 aliphatic heterocycles. The van der Waals surface area contributed by atoms with Gasteiger partial charge in [-0.05, 0) is 50.5 Å².